The first kappa shape index (κ1) is 16.7. The first-order valence-corrected chi connectivity index (χ1v) is 7.18. The summed E-state index contributed by atoms with van der Waals surface area (Å²) in [5.41, 5.74) is 0.429. The topological polar surface area (TPSA) is 78.4 Å². The van der Waals surface area contributed by atoms with E-state index in [1.165, 1.54) is 18.2 Å². The Kier molecular flexibility index (Phi) is 6.18. The largest absolute Gasteiger partial charge is 0.480 e. The van der Waals surface area contributed by atoms with Gasteiger partial charge in [-0.1, -0.05) is 20.3 Å². The van der Waals surface area contributed by atoms with Crippen LogP contribution < -0.4 is 10.6 Å². The molecule has 0 radical (unpaired) electrons. The van der Waals surface area contributed by atoms with Crippen molar-refractivity contribution in [3.05, 3.63) is 27.6 Å². The number of urea groups is 1. The van der Waals surface area contributed by atoms with Gasteiger partial charge in [-0.05, 0) is 46.7 Å². The molecule has 0 heterocycles. The number of benzene rings is 1. The van der Waals surface area contributed by atoms with Crippen LogP contribution in [0.1, 0.15) is 20.3 Å². The van der Waals surface area contributed by atoms with Crippen molar-refractivity contribution >= 4 is 40.3 Å². The van der Waals surface area contributed by atoms with Crippen molar-refractivity contribution in [1.29, 1.82) is 0 Å². The number of halogens is 2. The number of amides is 2. The molecule has 0 aromatic heterocycles. The molecule has 0 saturated carbocycles. The molecule has 0 aliphatic carbocycles. The molecule has 0 unspecified atom stereocenters. The van der Waals surface area contributed by atoms with Crippen molar-refractivity contribution in [1.82, 2.24) is 5.32 Å². The molecule has 2 amide bonds. The number of carboxylic acids is 1. The highest BCUT2D eigenvalue weighted by atomic mass is 127. The Labute approximate surface area is 130 Å². The number of anilines is 1. The lowest BCUT2D eigenvalue weighted by Gasteiger charge is -2.20. The van der Waals surface area contributed by atoms with Gasteiger partial charge in [-0.2, -0.15) is 0 Å². The molecule has 2 atom stereocenters. The maximum absolute atomic E-state index is 12.9. The van der Waals surface area contributed by atoms with Crippen LogP contribution in [0.4, 0.5) is 14.9 Å². The number of aliphatic carboxylic acids is 1. The van der Waals surface area contributed by atoms with Crippen LogP contribution >= 0.6 is 22.6 Å². The fourth-order valence-electron chi connectivity index (χ4n) is 1.57. The molecule has 1 aromatic carbocycles. The van der Waals surface area contributed by atoms with Crippen molar-refractivity contribution in [2.45, 2.75) is 26.3 Å². The smallest absolute Gasteiger partial charge is 0.326 e. The molecule has 7 heteroatoms. The molecule has 0 saturated heterocycles. The second kappa shape index (κ2) is 7.41. The van der Waals surface area contributed by atoms with E-state index in [-0.39, 0.29) is 5.92 Å². The minimum Gasteiger partial charge on any atom is -0.480 e. The Bertz CT molecular complexity index is 510. The average Bonchev–Trinajstić information content (AvgIpc) is 2.38. The number of carboxylic acid groups (broad SMARTS) is 1. The number of carbonyl (C=O) groups is 2. The van der Waals surface area contributed by atoms with E-state index in [0.29, 0.717) is 15.7 Å². The van der Waals surface area contributed by atoms with Crippen molar-refractivity contribution in [2.24, 2.45) is 5.92 Å². The molecule has 0 bridgehead atoms. The van der Waals surface area contributed by atoms with Gasteiger partial charge in [0.2, 0.25) is 0 Å². The Morgan fingerprint density at radius 3 is 2.60 bits per heavy atom. The van der Waals surface area contributed by atoms with Crippen LogP contribution in [0.2, 0.25) is 0 Å². The molecule has 0 aliphatic rings. The van der Waals surface area contributed by atoms with E-state index in [1.807, 2.05) is 29.5 Å². The van der Waals surface area contributed by atoms with Gasteiger partial charge in [0.05, 0.1) is 5.69 Å². The van der Waals surface area contributed by atoms with E-state index >= 15 is 0 Å². The minimum absolute atomic E-state index is 0.189. The van der Waals surface area contributed by atoms with Crippen molar-refractivity contribution < 1.29 is 19.1 Å². The van der Waals surface area contributed by atoms with E-state index in [4.69, 9.17) is 5.11 Å². The van der Waals surface area contributed by atoms with Gasteiger partial charge in [0.25, 0.3) is 0 Å². The highest BCUT2D eigenvalue weighted by molar-refractivity contribution is 14.1. The van der Waals surface area contributed by atoms with Gasteiger partial charge in [0, 0.05) is 3.57 Å². The number of rotatable bonds is 5. The summed E-state index contributed by atoms with van der Waals surface area (Å²) in [7, 11) is 0. The van der Waals surface area contributed by atoms with Crippen LogP contribution in [0.5, 0.6) is 0 Å². The van der Waals surface area contributed by atoms with Gasteiger partial charge >= 0.3 is 12.0 Å². The third-order valence-corrected chi connectivity index (χ3v) is 3.84. The summed E-state index contributed by atoms with van der Waals surface area (Å²) in [6.07, 6.45) is 0.630. The van der Waals surface area contributed by atoms with Gasteiger partial charge in [-0.3, -0.25) is 0 Å². The number of hydrogen-bond donors (Lipinski definition) is 3. The normalized spacial score (nSPS) is 13.4. The lowest BCUT2D eigenvalue weighted by atomic mass is 9.99. The summed E-state index contributed by atoms with van der Waals surface area (Å²) >= 11 is 1.89. The van der Waals surface area contributed by atoms with Crippen molar-refractivity contribution in [3.63, 3.8) is 0 Å². The molecule has 110 valence electrons. The van der Waals surface area contributed by atoms with Crippen molar-refractivity contribution in [2.75, 3.05) is 5.32 Å². The van der Waals surface area contributed by atoms with Gasteiger partial charge < -0.3 is 15.7 Å². The number of nitrogens with one attached hydrogen (secondary N) is 2. The Morgan fingerprint density at radius 1 is 1.45 bits per heavy atom. The predicted molar refractivity (Wildman–Crippen MR) is 82.2 cm³/mol. The Balaban J connectivity index is 2.73. The summed E-state index contributed by atoms with van der Waals surface area (Å²) in [6, 6.07) is 2.34. The molecule has 0 spiro atoms. The first-order valence-electron chi connectivity index (χ1n) is 6.10. The average molecular weight is 394 g/mol. The van der Waals surface area contributed by atoms with Crippen LogP contribution in [0, 0.1) is 15.3 Å². The fraction of sp³-hybridized carbons (Fsp3) is 0.385. The van der Waals surface area contributed by atoms with E-state index in [2.05, 4.69) is 10.6 Å². The Morgan fingerprint density at radius 2 is 2.10 bits per heavy atom. The second-order valence-corrected chi connectivity index (χ2v) is 5.59. The third-order valence-electron chi connectivity index (χ3n) is 2.94. The molecule has 1 rings (SSSR count). The van der Waals surface area contributed by atoms with Gasteiger partial charge in [0.15, 0.2) is 0 Å². The molecule has 20 heavy (non-hydrogen) atoms. The quantitative estimate of drug-likeness (QED) is 0.672. The van der Waals surface area contributed by atoms with Crippen LogP contribution in [0.3, 0.4) is 0 Å². The zero-order valence-electron chi connectivity index (χ0n) is 11.1. The molecule has 0 fully saturated rings. The highest BCUT2D eigenvalue weighted by Crippen LogP contribution is 2.19. The van der Waals surface area contributed by atoms with Crippen LogP contribution in [-0.4, -0.2) is 23.1 Å². The van der Waals surface area contributed by atoms with E-state index in [1.54, 1.807) is 6.92 Å². The first-order chi connectivity index (χ1) is 9.35. The Hall–Kier alpha value is -1.38. The molecular weight excluding hydrogens is 378 g/mol. The fourth-order valence-corrected chi connectivity index (χ4v) is 2.19. The maximum atomic E-state index is 12.9. The van der Waals surface area contributed by atoms with E-state index < -0.39 is 23.9 Å². The highest BCUT2D eigenvalue weighted by Gasteiger charge is 2.25. The van der Waals surface area contributed by atoms with Crippen LogP contribution in [0.15, 0.2) is 18.2 Å². The monoisotopic (exact) mass is 394 g/mol. The molecule has 0 aliphatic heterocycles. The van der Waals surface area contributed by atoms with Crippen LogP contribution in [-0.2, 0) is 4.79 Å². The summed E-state index contributed by atoms with van der Waals surface area (Å²) < 4.78 is 13.5. The maximum Gasteiger partial charge on any atom is 0.326 e. The number of hydrogen-bond acceptors (Lipinski definition) is 2. The van der Waals surface area contributed by atoms with E-state index in [0.717, 1.165) is 0 Å². The summed E-state index contributed by atoms with van der Waals surface area (Å²) in [6.45, 7) is 3.60. The molecule has 1 aromatic rings. The van der Waals surface area contributed by atoms with Crippen molar-refractivity contribution in [3.8, 4) is 0 Å². The summed E-state index contributed by atoms with van der Waals surface area (Å²) in [4.78, 5) is 22.9. The SMILES string of the molecule is CC[C@H](C)[C@H](NC(=O)Nc1ccc(F)cc1I)C(=O)O. The summed E-state index contributed by atoms with van der Waals surface area (Å²) in [5.74, 6) is -1.67. The summed E-state index contributed by atoms with van der Waals surface area (Å²) in [5, 5.41) is 14.0. The van der Waals surface area contributed by atoms with E-state index in [9.17, 15) is 14.0 Å². The molecule has 5 nitrogen and oxygen atoms in total. The zero-order valence-corrected chi connectivity index (χ0v) is 13.3. The second-order valence-electron chi connectivity index (χ2n) is 4.42. The van der Waals surface area contributed by atoms with Gasteiger partial charge in [-0.15, -0.1) is 0 Å². The standard InChI is InChI=1S/C13H16FIN2O3/c1-3-7(2)11(12(18)19)17-13(20)16-10-5-4-8(14)6-9(10)15/h4-7,11H,3H2,1-2H3,(H,18,19)(H2,16,17,20)/t7-,11-/m0/s1. The van der Waals surface area contributed by atoms with Crippen LogP contribution in [0.25, 0.3) is 0 Å². The number of carbonyl (C=O) groups excluding carboxylic acids is 1. The lowest BCUT2D eigenvalue weighted by Crippen LogP contribution is -2.46. The molecular formula is C13H16FIN2O3. The van der Waals surface area contributed by atoms with Gasteiger partial charge in [-0.25, -0.2) is 14.0 Å². The zero-order chi connectivity index (χ0) is 15.3. The third kappa shape index (κ3) is 4.62. The lowest BCUT2D eigenvalue weighted by molar-refractivity contribution is -0.140. The minimum atomic E-state index is -1.08. The van der Waals surface area contributed by atoms with Gasteiger partial charge in [0.1, 0.15) is 11.9 Å². The predicted octanol–water partition coefficient (Wildman–Crippen LogP) is 3.05. The molecule has 3 N–H and O–H groups in total.